The summed E-state index contributed by atoms with van der Waals surface area (Å²) in [5.41, 5.74) is 8.14. The molecule has 0 radical (unpaired) electrons. The van der Waals surface area contributed by atoms with Gasteiger partial charge in [-0.1, -0.05) is 68.7 Å². The molecule has 0 unspecified atom stereocenters. The van der Waals surface area contributed by atoms with Gasteiger partial charge in [-0.05, 0) is 60.3 Å². The van der Waals surface area contributed by atoms with Gasteiger partial charge in [-0.3, -0.25) is 0 Å². The van der Waals surface area contributed by atoms with E-state index in [1.54, 1.807) is 0 Å². The fourth-order valence-corrected chi connectivity index (χ4v) is 3.96. The third-order valence-electron chi connectivity index (χ3n) is 5.88. The molecule has 0 amide bonds. The predicted molar refractivity (Wildman–Crippen MR) is 105 cm³/mol. The van der Waals surface area contributed by atoms with E-state index in [1.807, 2.05) is 12.1 Å². The number of hydrogen-bond acceptors (Lipinski definition) is 2. The lowest BCUT2D eigenvalue weighted by atomic mass is 9.62. The van der Waals surface area contributed by atoms with Crippen molar-refractivity contribution in [3.63, 3.8) is 0 Å². The number of benzene rings is 2. The summed E-state index contributed by atoms with van der Waals surface area (Å²) in [6.45, 7) is 13.5. The third-order valence-corrected chi connectivity index (χ3v) is 5.88. The highest BCUT2D eigenvalue weighted by atomic mass is 16.4. The van der Waals surface area contributed by atoms with Gasteiger partial charge in [0.25, 0.3) is 0 Å². The molecule has 0 heterocycles. The van der Waals surface area contributed by atoms with E-state index in [9.17, 15) is 5.21 Å². The standard InChI is InChI=1S/C23H29NO/c1-15-7-9-17(10-8-15)21(24-25)18-14-20-19(13-16(18)2)22(3,4)11-12-23(20,5)6/h7-10,13-14,25H,11-12H2,1-6H3/b24-21+. The second-order valence-corrected chi connectivity index (χ2v) is 8.80. The molecule has 2 aromatic rings. The van der Waals surface area contributed by atoms with Crippen LogP contribution >= 0.6 is 0 Å². The average molecular weight is 335 g/mol. The van der Waals surface area contributed by atoms with Crippen molar-refractivity contribution >= 4 is 5.71 Å². The van der Waals surface area contributed by atoms with Gasteiger partial charge in [0, 0.05) is 11.1 Å². The maximum atomic E-state index is 9.75. The summed E-state index contributed by atoms with van der Waals surface area (Å²) in [7, 11) is 0. The van der Waals surface area contributed by atoms with Gasteiger partial charge in [0.15, 0.2) is 0 Å². The fourth-order valence-electron chi connectivity index (χ4n) is 3.96. The Balaban J connectivity index is 2.19. The number of hydrogen-bond donors (Lipinski definition) is 1. The van der Waals surface area contributed by atoms with Crippen molar-refractivity contribution in [2.24, 2.45) is 5.16 Å². The summed E-state index contributed by atoms with van der Waals surface area (Å²) in [4.78, 5) is 0. The Morgan fingerprint density at radius 3 is 1.92 bits per heavy atom. The molecule has 0 aromatic heterocycles. The van der Waals surface area contributed by atoms with Crippen molar-refractivity contribution in [2.45, 2.75) is 65.2 Å². The van der Waals surface area contributed by atoms with E-state index < -0.39 is 0 Å². The highest BCUT2D eigenvalue weighted by Gasteiger charge is 2.37. The van der Waals surface area contributed by atoms with Gasteiger partial charge in [0.2, 0.25) is 0 Å². The summed E-state index contributed by atoms with van der Waals surface area (Å²) in [6.07, 6.45) is 2.37. The molecule has 1 aliphatic rings. The average Bonchev–Trinajstić information content (AvgIpc) is 2.55. The lowest BCUT2D eigenvalue weighted by Gasteiger charge is -2.42. The van der Waals surface area contributed by atoms with Gasteiger partial charge >= 0.3 is 0 Å². The molecule has 2 heteroatoms. The first-order chi connectivity index (χ1) is 11.7. The molecule has 0 saturated carbocycles. The molecular weight excluding hydrogens is 306 g/mol. The Bertz CT molecular complexity index is 826. The molecule has 3 rings (SSSR count). The molecule has 0 saturated heterocycles. The van der Waals surface area contributed by atoms with Gasteiger partial charge in [0.1, 0.15) is 5.71 Å². The van der Waals surface area contributed by atoms with E-state index in [1.165, 1.54) is 29.5 Å². The Morgan fingerprint density at radius 1 is 0.880 bits per heavy atom. The fraction of sp³-hybridized carbons (Fsp3) is 0.435. The van der Waals surface area contributed by atoms with Crippen LogP contribution in [0.5, 0.6) is 0 Å². The molecule has 0 spiro atoms. The second kappa shape index (κ2) is 6.01. The normalized spacial score (nSPS) is 18.7. The Labute approximate surface area is 151 Å². The van der Waals surface area contributed by atoms with Gasteiger partial charge in [0.05, 0.1) is 0 Å². The molecular formula is C23H29NO. The highest BCUT2D eigenvalue weighted by molar-refractivity contribution is 6.13. The molecule has 0 bridgehead atoms. The van der Waals surface area contributed by atoms with Crippen molar-refractivity contribution in [3.05, 3.63) is 69.8 Å². The van der Waals surface area contributed by atoms with Crippen LogP contribution in [0.1, 0.15) is 73.9 Å². The van der Waals surface area contributed by atoms with E-state index in [4.69, 9.17) is 0 Å². The minimum absolute atomic E-state index is 0.140. The third kappa shape index (κ3) is 3.10. The number of rotatable bonds is 2. The van der Waals surface area contributed by atoms with Crippen molar-refractivity contribution in [1.82, 2.24) is 0 Å². The van der Waals surface area contributed by atoms with E-state index in [-0.39, 0.29) is 10.8 Å². The Morgan fingerprint density at radius 2 is 1.40 bits per heavy atom. The maximum absolute atomic E-state index is 9.75. The largest absolute Gasteiger partial charge is 0.410 e. The summed E-state index contributed by atoms with van der Waals surface area (Å²) in [6, 6.07) is 12.7. The van der Waals surface area contributed by atoms with Gasteiger partial charge in [-0.2, -0.15) is 0 Å². The zero-order valence-corrected chi connectivity index (χ0v) is 16.3. The van der Waals surface area contributed by atoms with Crippen LogP contribution in [0.2, 0.25) is 0 Å². The topological polar surface area (TPSA) is 32.6 Å². The monoisotopic (exact) mass is 335 g/mol. The van der Waals surface area contributed by atoms with Crippen molar-refractivity contribution in [3.8, 4) is 0 Å². The van der Waals surface area contributed by atoms with Gasteiger partial charge < -0.3 is 5.21 Å². The minimum atomic E-state index is 0.140. The number of oxime groups is 1. The van der Waals surface area contributed by atoms with E-state index in [0.717, 1.165) is 16.7 Å². The lowest BCUT2D eigenvalue weighted by Crippen LogP contribution is -2.34. The summed E-state index contributed by atoms with van der Waals surface area (Å²) in [5, 5.41) is 13.4. The molecule has 1 N–H and O–H groups in total. The van der Waals surface area contributed by atoms with Crippen LogP contribution < -0.4 is 0 Å². The molecule has 1 aliphatic carbocycles. The Kier molecular flexibility index (Phi) is 4.26. The number of aryl methyl sites for hydroxylation is 2. The minimum Gasteiger partial charge on any atom is -0.410 e. The predicted octanol–water partition coefficient (Wildman–Crippen LogP) is 5.88. The molecule has 2 nitrogen and oxygen atoms in total. The summed E-state index contributed by atoms with van der Waals surface area (Å²) < 4.78 is 0. The van der Waals surface area contributed by atoms with Crippen LogP contribution in [0.15, 0.2) is 41.6 Å². The molecule has 0 atom stereocenters. The molecule has 0 fully saturated rings. The summed E-state index contributed by atoms with van der Waals surface area (Å²) >= 11 is 0. The second-order valence-electron chi connectivity index (χ2n) is 8.80. The first kappa shape index (κ1) is 17.7. The first-order valence-corrected chi connectivity index (χ1v) is 9.11. The smallest absolute Gasteiger partial charge is 0.117 e. The summed E-state index contributed by atoms with van der Waals surface area (Å²) in [5.74, 6) is 0. The van der Waals surface area contributed by atoms with Crippen LogP contribution in [0.25, 0.3) is 0 Å². The van der Waals surface area contributed by atoms with Crippen LogP contribution in [-0.4, -0.2) is 10.9 Å². The number of nitrogens with zero attached hydrogens (tertiary/aromatic N) is 1. The quantitative estimate of drug-likeness (QED) is 0.415. The molecule has 25 heavy (non-hydrogen) atoms. The van der Waals surface area contributed by atoms with E-state index in [2.05, 4.69) is 71.0 Å². The van der Waals surface area contributed by atoms with Crippen LogP contribution in [-0.2, 0) is 10.8 Å². The van der Waals surface area contributed by atoms with Crippen molar-refractivity contribution in [1.29, 1.82) is 0 Å². The zero-order chi connectivity index (χ0) is 18.4. The molecule has 132 valence electrons. The van der Waals surface area contributed by atoms with Crippen LogP contribution in [0.4, 0.5) is 0 Å². The highest BCUT2D eigenvalue weighted by Crippen LogP contribution is 2.46. The van der Waals surface area contributed by atoms with E-state index >= 15 is 0 Å². The zero-order valence-electron chi connectivity index (χ0n) is 16.3. The van der Waals surface area contributed by atoms with Crippen LogP contribution in [0, 0.1) is 13.8 Å². The van der Waals surface area contributed by atoms with Crippen LogP contribution in [0.3, 0.4) is 0 Å². The van der Waals surface area contributed by atoms with Crippen molar-refractivity contribution < 1.29 is 5.21 Å². The molecule has 0 aliphatic heterocycles. The van der Waals surface area contributed by atoms with Gasteiger partial charge in [-0.15, -0.1) is 0 Å². The first-order valence-electron chi connectivity index (χ1n) is 9.11. The molecule has 2 aromatic carbocycles. The van der Waals surface area contributed by atoms with E-state index in [0.29, 0.717) is 5.71 Å². The number of fused-ring (bicyclic) bond motifs is 1. The SMILES string of the molecule is Cc1ccc(/C(=N\O)c2cc3c(cc2C)C(C)(C)CCC3(C)C)cc1. The van der Waals surface area contributed by atoms with Crippen molar-refractivity contribution in [2.75, 3.05) is 0 Å². The van der Waals surface area contributed by atoms with Gasteiger partial charge in [-0.25, -0.2) is 0 Å². The lowest BCUT2D eigenvalue weighted by molar-refractivity contribution is 0.319. The maximum Gasteiger partial charge on any atom is 0.117 e. The Hall–Kier alpha value is -2.09.